The van der Waals surface area contributed by atoms with Gasteiger partial charge in [0.25, 0.3) is 5.91 Å². The van der Waals surface area contributed by atoms with E-state index in [0.717, 1.165) is 11.8 Å². The van der Waals surface area contributed by atoms with Crippen LogP contribution in [0.2, 0.25) is 5.02 Å². The van der Waals surface area contributed by atoms with Crippen LogP contribution in [-0.4, -0.2) is 39.2 Å². The third kappa shape index (κ3) is 4.24. The van der Waals surface area contributed by atoms with Crippen molar-refractivity contribution < 1.29 is 22.7 Å². The predicted octanol–water partition coefficient (Wildman–Crippen LogP) is 5.58. The zero-order valence-corrected chi connectivity index (χ0v) is 20.2. The van der Waals surface area contributed by atoms with Crippen molar-refractivity contribution in [3.63, 3.8) is 0 Å². The van der Waals surface area contributed by atoms with Crippen molar-refractivity contribution in [2.45, 2.75) is 31.7 Å². The van der Waals surface area contributed by atoms with Crippen molar-refractivity contribution in [2.24, 2.45) is 0 Å². The number of rotatable bonds is 7. The maximum Gasteiger partial charge on any atom is 0.417 e. The molecule has 0 saturated heterocycles. The Morgan fingerprint density at radius 2 is 2.00 bits per heavy atom. The van der Waals surface area contributed by atoms with Gasteiger partial charge in [-0.2, -0.15) is 24.9 Å². The molecule has 4 rings (SSSR count). The molecule has 1 aromatic heterocycles. The molecule has 2 atom stereocenters. The molecule has 0 bridgehead atoms. The highest BCUT2D eigenvalue weighted by Crippen LogP contribution is 2.50. The highest BCUT2D eigenvalue weighted by molar-refractivity contribution is 7.98. The molecule has 0 radical (unpaired) electrons. The van der Waals surface area contributed by atoms with Crippen LogP contribution in [0, 0.1) is 0 Å². The maximum absolute atomic E-state index is 13.6. The van der Waals surface area contributed by atoms with Crippen molar-refractivity contribution >= 4 is 29.3 Å². The van der Waals surface area contributed by atoms with Gasteiger partial charge in [-0.1, -0.05) is 29.8 Å². The summed E-state index contributed by atoms with van der Waals surface area (Å²) in [4.78, 5) is 12.7. The standard InChI is InChI=1S/C23H22ClF3N4O2S/c1-13-22(2,33-18-9-8-14(24)12-16(18)20(32)28-10-11-34-3)21-30-29-19(31(13)21)15-6-4-5-7-17(15)23(25,26)27/h4-9,12-13H,10-11H2,1-3H3,(H,28,32). The van der Waals surface area contributed by atoms with Crippen LogP contribution in [0.25, 0.3) is 11.4 Å². The number of benzene rings is 2. The topological polar surface area (TPSA) is 69.0 Å². The second-order valence-electron chi connectivity index (χ2n) is 8.03. The molecule has 1 aliphatic rings. The number of ether oxygens (including phenoxy) is 1. The van der Waals surface area contributed by atoms with Gasteiger partial charge < -0.3 is 14.6 Å². The second kappa shape index (κ2) is 9.14. The molecule has 2 aromatic carbocycles. The molecule has 180 valence electrons. The van der Waals surface area contributed by atoms with E-state index in [1.165, 1.54) is 24.3 Å². The van der Waals surface area contributed by atoms with Gasteiger partial charge in [-0.3, -0.25) is 4.79 Å². The third-order valence-electron chi connectivity index (χ3n) is 5.90. The minimum Gasteiger partial charge on any atom is -0.477 e. The van der Waals surface area contributed by atoms with E-state index in [1.54, 1.807) is 35.4 Å². The fourth-order valence-corrected chi connectivity index (χ4v) is 4.44. The summed E-state index contributed by atoms with van der Waals surface area (Å²) in [6.07, 6.45) is -2.59. The highest BCUT2D eigenvalue weighted by atomic mass is 35.5. The molecule has 0 spiro atoms. The minimum atomic E-state index is -4.53. The van der Waals surface area contributed by atoms with Crippen molar-refractivity contribution in [3.8, 4) is 17.1 Å². The zero-order valence-electron chi connectivity index (χ0n) is 18.6. The Balaban J connectivity index is 1.67. The average molecular weight is 511 g/mol. The van der Waals surface area contributed by atoms with E-state index in [1.807, 2.05) is 13.2 Å². The van der Waals surface area contributed by atoms with E-state index >= 15 is 0 Å². The molecule has 3 aromatic rings. The van der Waals surface area contributed by atoms with Gasteiger partial charge in [-0.05, 0) is 44.4 Å². The molecular weight excluding hydrogens is 489 g/mol. The Labute approximate surface area is 203 Å². The summed E-state index contributed by atoms with van der Waals surface area (Å²) in [5.41, 5.74) is -1.58. The van der Waals surface area contributed by atoms with Crippen LogP contribution in [-0.2, 0) is 11.8 Å². The Bertz CT molecular complexity index is 1230. The first-order valence-corrected chi connectivity index (χ1v) is 12.2. The summed E-state index contributed by atoms with van der Waals surface area (Å²) in [5, 5.41) is 11.4. The Morgan fingerprint density at radius 1 is 1.26 bits per heavy atom. The van der Waals surface area contributed by atoms with Crippen molar-refractivity contribution in [3.05, 3.63) is 64.4 Å². The molecule has 0 fully saturated rings. The van der Waals surface area contributed by atoms with E-state index in [0.29, 0.717) is 23.1 Å². The predicted molar refractivity (Wildman–Crippen MR) is 125 cm³/mol. The number of amides is 1. The monoisotopic (exact) mass is 510 g/mol. The first-order valence-electron chi connectivity index (χ1n) is 10.5. The van der Waals surface area contributed by atoms with Crippen LogP contribution in [0.5, 0.6) is 5.75 Å². The number of carbonyl (C=O) groups excluding carboxylic acids is 1. The first-order chi connectivity index (χ1) is 16.1. The molecule has 6 nitrogen and oxygen atoms in total. The van der Waals surface area contributed by atoms with Crippen LogP contribution in [0.3, 0.4) is 0 Å². The summed E-state index contributed by atoms with van der Waals surface area (Å²) >= 11 is 7.72. The summed E-state index contributed by atoms with van der Waals surface area (Å²) < 4.78 is 48.6. The van der Waals surface area contributed by atoms with Crippen LogP contribution in [0.4, 0.5) is 13.2 Å². The van der Waals surface area contributed by atoms with Crippen molar-refractivity contribution in [1.82, 2.24) is 20.1 Å². The van der Waals surface area contributed by atoms with Crippen LogP contribution >= 0.6 is 23.4 Å². The smallest absolute Gasteiger partial charge is 0.417 e. The van der Waals surface area contributed by atoms with Gasteiger partial charge >= 0.3 is 6.18 Å². The van der Waals surface area contributed by atoms with E-state index in [9.17, 15) is 18.0 Å². The molecule has 1 aliphatic heterocycles. The molecule has 1 amide bonds. The molecule has 0 saturated carbocycles. The van der Waals surface area contributed by atoms with Gasteiger partial charge in [0, 0.05) is 22.9 Å². The van der Waals surface area contributed by atoms with Crippen LogP contribution < -0.4 is 10.1 Å². The number of carbonyl (C=O) groups is 1. The number of hydrogen-bond acceptors (Lipinski definition) is 5. The lowest BCUT2D eigenvalue weighted by atomic mass is 9.87. The van der Waals surface area contributed by atoms with Gasteiger partial charge in [0.1, 0.15) is 5.75 Å². The number of hydrogen-bond donors (Lipinski definition) is 1. The molecule has 11 heteroatoms. The molecular formula is C23H22ClF3N4O2S. The SMILES string of the molecule is CSCCNC(=O)c1cc(Cl)ccc1OC1(C)c2nnc(-c3ccccc3C(F)(F)F)n2C1C. The quantitative estimate of drug-likeness (QED) is 0.420. The van der Waals surface area contributed by atoms with Crippen molar-refractivity contribution in [2.75, 3.05) is 18.6 Å². The Kier molecular flexibility index (Phi) is 6.56. The number of nitrogens with one attached hydrogen (secondary N) is 1. The molecule has 0 aliphatic carbocycles. The van der Waals surface area contributed by atoms with E-state index < -0.39 is 23.4 Å². The Morgan fingerprint density at radius 3 is 2.71 bits per heavy atom. The van der Waals surface area contributed by atoms with E-state index in [-0.39, 0.29) is 22.9 Å². The molecule has 1 N–H and O–H groups in total. The summed E-state index contributed by atoms with van der Waals surface area (Å²) in [5.74, 6) is 1.20. The number of halogens is 4. The first kappa shape index (κ1) is 24.4. The normalized spacial score (nSPS) is 19.3. The second-order valence-corrected chi connectivity index (χ2v) is 9.46. The van der Waals surface area contributed by atoms with Gasteiger partial charge in [-0.15, -0.1) is 10.2 Å². The van der Waals surface area contributed by atoms with E-state index in [2.05, 4.69) is 15.5 Å². The Hall–Kier alpha value is -2.72. The third-order valence-corrected chi connectivity index (χ3v) is 6.75. The lowest BCUT2D eigenvalue weighted by molar-refractivity contribution is -0.137. The number of nitrogens with zero attached hydrogens (tertiary/aromatic N) is 3. The minimum absolute atomic E-state index is 0.0528. The lowest BCUT2D eigenvalue weighted by Gasteiger charge is -2.45. The molecule has 2 unspecified atom stereocenters. The summed E-state index contributed by atoms with van der Waals surface area (Å²) in [6.45, 7) is 4.06. The van der Waals surface area contributed by atoms with Crippen LogP contribution in [0.15, 0.2) is 42.5 Å². The van der Waals surface area contributed by atoms with Gasteiger partial charge in [0.15, 0.2) is 17.2 Å². The summed E-state index contributed by atoms with van der Waals surface area (Å²) in [6, 6.07) is 9.58. The fourth-order valence-electron chi connectivity index (χ4n) is 3.96. The fraction of sp³-hybridized carbons (Fsp3) is 0.348. The molecule has 34 heavy (non-hydrogen) atoms. The zero-order chi connectivity index (χ0) is 24.7. The highest BCUT2D eigenvalue weighted by Gasteiger charge is 2.53. The van der Waals surface area contributed by atoms with Gasteiger partial charge in [0.2, 0.25) is 0 Å². The molecule has 2 heterocycles. The van der Waals surface area contributed by atoms with Gasteiger partial charge in [0.05, 0.1) is 17.2 Å². The van der Waals surface area contributed by atoms with Crippen molar-refractivity contribution in [1.29, 1.82) is 0 Å². The maximum atomic E-state index is 13.6. The lowest BCUT2D eigenvalue weighted by Crippen LogP contribution is -2.50. The number of fused-ring (bicyclic) bond motifs is 1. The average Bonchev–Trinajstić information content (AvgIpc) is 3.22. The van der Waals surface area contributed by atoms with Crippen LogP contribution in [0.1, 0.15) is 41.6 Å². The van der Waals surface area contributed by atoms with Gasteiger partial charge in [-0.25, -0.2) is 0 Å². The number of aromatic nitrogens is 3. The van der Waals surface area contributed by atoms with E-state index in [4.69, 9.17) is 16.3 Å². The number of alkyl halides is 3. The number of thioether (sulfide) groups is 1. The largest absolute Gasteiger partial charge is 0.477 e. The summed E-state index contributed by atoms with van der Waals surface area (Å²) in [7, 11) is 0.